The molecule has 0 bridgehead atoms. The maximum absolute atomic E-state index is 2.29. The molecule has 0 amide bonds. The van der Waals surface area contributed by atoms with E-state index in [1.807, 2.05) is 22.7 Å². The molecule has 0 aliphatic heterocycles. The molecule has 0 aliphatic rings. The van der Waals surface area contributed by atoms with E-state index in [4.69, 9.17) is 0 Å². The van der Waals surface area contributed by atoms with E-state index in [2.05, 4.69) is 35.9 Å². The Hall–Kier alpha value is -0.860. The minimum Gasteiger partial charge on any atom is -0.144 e. The number of aryl methyl sites for hydroxylation is 1. The van der Waals surface area contributed by atoms with Gasteiger partial charge in [-0.15, -0.1) is 22.7 Å². The average Bonchev–Trinajstić information content (AvgIpc) is 2.66. The first kappa shape index (κ1) is 7.54. The zero-order valence-corrected chi connectivity index (χ0v) is 8.84. The van der Waals surface area contributed by atoms with Crippen LogP contribution in [0.5, 0.6) is 0 Å². The summed E-state index contributed by atoms with van der Waals surface area (Å²) in [7, 11) is 0. The Morgan fingerprint density at radius 3 is 2.69 bits per heavy atom. The Balaban J connectivity index is 2.70. The Morgan fingerprint density at radius 2 is 1.77 bits per heavy atom. The molecule has 3 aromatic rings. The Kier molecular flexibility index (Phi) is 1.49. The molecular formula is C11H8S2. The van der Waals surface area contributed by atoms with Crippen LogP contribution < -0.4 is 0 Å². The lowest BCUT2D eigenvalue weighted by Crippen LogP contribution is -1.72. The summed E-state index contributed by atoms with van der Waals surface area (Å²) >= 11 is 3.67. The second-order valence-corrected chi connectivity index (χ2v) is 5.05. The summed E-state index contributed by atoms with van der Waals surface area (Å²) in [4.78, 5) is 0. The molecule has 0 fully saturated rings. The van der Waals surface area contributed by atoms with Crippen molar-refractivity contribution in [3.63, 3.8) is 0 Å². The number of hydrogen-bond donors (Lipinski definition) is 0. The Morgan fingerprint density at radius 1 is 1.00 bits per heavy atom. The van der Waals surface area contributed by atoms with Gasteiger partial charge in [-0.2, -0.15) is 0 Å². The Bertz CT molecular complexity index is 572. The summed E-state index contributed by atoms with van der Waals surface area (Å²) in [6.07, 6.45) is 0. The van der Waals surface area contributed by atoms with E-state index in [0.717, 1.165) is 0 Å². The van der Waals surface area contributed by atoms with Crippen molar-refractivity contribution in [3.8, 4) is 0 Å². The predicted molar refractivity (Wildman–Crippen MR) is 61.9 cm³/mol. The highest BCUT2D eigenvalue weighted by Crippen LogP contribution is 2.34. The lowest BCUT2D eigenvalue weighted by molar-refractivity contribution is 1.58. The standard InChI is InChI=1S/C11H8S2/c1-7-6-10-9(3-4-12-10)11-8(7)2-5-13-11/h2-6H,1H3. The molecule has 3 rings (SSSR count). The molecular weight excluding hydrogens is 196 g/mol. The van der Waals surface area contributed by atoms with E-state index < -0.39 is 0 Å². The van der Waals surface area contributed by atoms with Crippen LogP contribution in [-0.4, -0.2) is 0 Å². The van der Waals surface area contributed by atoms with Gasteiger partial charge in [-0.25, -0.2) is 0 Å². The van der Waals surface area contributed by atoms with Crippen LogP contribution in [0.1, 0.15) is 5.56 Å². The van der Waals surface area contributed by atoms with Crippen LogP contribution in [0.4, 0.5) is 0 Å². The van der Waals surface area contributed by atoms with Gasteiger partial charge < -0.3 is 0 Å². The van der Waals surface area contributed by atoms with Crippen LogP contribution in [0, 0.1) is 6.92 Å². The average molecular weight is 204 g/mol. The summed E-state index contributed by atoms with van der Waals surface area (Å²) in [5.41, 5.74) is 1.39. The molecule has 0 aliphatic carbocycles. The van der Waals surface area contributed by atoms with Gasteiger partial charge in [-0.1, -0.05) is 0 Å². The van der Waals surface area contributed by atoms with Crippen molar-refractivity contribution >= 4 is 42.8 Å². The molecule has 13 heavy (non-hydrogen) atoms. The zero-order chi connectivity index (χ0) is 8.84. The molecule has 0 atom stereocenters. The van der Waals surface area contributed by atoms with Crippen molar-refractivity contribution in [2.24, 2.45) is 0 Å². The first-order chi connectivity index (χ1) is 6.36. The van der Waals surface area contributed by atoms with Gasteiger partial charge in [0.15, 0.2) is 0 Å². The van der Waals surface area contributed by atoms with Gasteiger partial charge >= 0.3 is 0 Å². The van der Waals surface area contributed by atoms with Crippen LogP contribution in [0.3, 0.4) is 0 Å². The fraction of sp³-hybridized carbons (Fsp3) is 0.0909. The van der Waals surface area contributed by atoms with Crippen LogP contribution >= 0.6 is 22.7 Å². The van der Waals surface area contributed by atoms with Crippen molar-refractivity contribution < 1.29 is 0 Å². The number of benzene rings is 1. The fourth-order valence-electron chi connectivity index (χ4n) is 1.72. The SMILES string of the molecule is Cc1cc2sccc2c2sccc12. The lowest BCUT2D eigenvalue weighted by atomic mass is 10.1. The highest BCUT2D eigenvalue weighted by molar-refractivity contribution is 7.21. The molecule has 1 aromatic carbocycles. The van der Waals surface area contributed by atoms with Crippen molar-refractivity contribution in [3.05, 3.63) is 34.5 Å². The number of hydrogen-bond acceptors (Lipinski definition) is 2. The van der Waals surface area contributed by atoms with Gasteiger partial charge in [0, 0.05) is 14.8 Å². The quantitative estimate of drug-likeness (QED) is 0.508. The molecule has 2 heteroatoms. The smallest absolute Gasteiger partial charge is 0.0432 e. The van der Waals surface area contributed by atoms with Gasteiger partial charge in [-0.3, -0.25) is 0 Å². The van der Waals surface area contributed by atoms with Gasteiger partial charge in [-0.05, 0) is 46.8 Å². The minimum atomic E-state index is 1.39. The number of thiophene rings is 2. The highest BCUT2D eigenvalue weighted by Gasteiger charge is 2.04. The molecule has 0 saturated carbocycles. The maximum atomic E-state index is 2.29. The lowest BCUT2D eigenvalue weighted by Gasteiger charge is -1.97. The van der Waals surface area contributed by atoms with Gasteiger partial charge in [0.2, 0.25) is 0 Å². The second kappa shape index (κ2) is 2.56. The molecule has 0 nitrogen and oxygen atoms in total. The van der Waals surface area contributed by atoms with Gasteiger partial charge in [0.25, 0.3) is 0 Å². The van der Waals surface area contributed by atoms with Crippen molar-refractivity contribution in [2.75, 3.05) is 0 Å². The van der Waals surface area contributed by atoms with E-state index in [-0.39, 0.29) is 0 Å². The molecule has 0 radical (unpaired) electrons. The van der Waals surface area contributed by atoms with E-state index in [1.54, 1.807) is 0 Å². The molecule has 0 saturated heterocycles. The normalized spacial score (nSPS) is 11.5. The Labute approximate surface area is 84.4 Å². The highest BCUT2D eigenvalue weighted by atomic mass is 32.1. The molecule has 0 spiro atoms. The van der Waals surface area contributed by atoms with E-state index in [0.29, 0.717) is 0 Å². The second-order valence-electron chi connectivity index (χ2n) is 3.19. The third-order valence-corrected chi connectivity index (χ3v) is 4.19. The monoisotopic (exact) mass is 204 g/mol. The summed E-state index contributed by atoms with van der Waals surface area (Å²) < 4.78 is 2.85. The summed E-state index contributed by atoms with van der Waals surface area (Å²) in [6, 6.07) is 6.72. The number of fused-ring (bicyclic) bond motifs is 3. The fourth-order valence-corrected chi connectivity index (χ4v) is 3.68. The van der Waals surface area contributed by atoms with Crippen molar-refractivity contribution in [2.45, 2.75) is 6.92 Å². The predicted octanol–water partition coefficient (Wildman–Crippen LogP) is 4.42. The first-order valence-corrected chi connectivity index (χ1v) is 5.96. The van der Waals surface area contributed by atoms with Crippen molar-refractivity contribution in [1.29, 1.82) is 0 Å². The molecule has 0 N–H and O–H groups in total. The summed E-state index contributed by atoms with van der Waals surface area (Å²) in [5, 5.41) is 7.18. The van der Waals surface area contributed by atoms with E-state index >= 15 is 0 Å². The molecule has 2 aromatic heterocycles. The van der Waals surface area contributed by atoms with Gasteiger partial charge in [0.05, 0.1) is 0 Å². The van der Waals surface area contributed by atoms with Gasteiger partial charge in [0.1, 0.15) is 0 Å². The third-order valence-electron chi connectivity index (χ3n) is 2.38. The zero-order valence-electron chi connectivity index (χ0n) is 7.20. The van der Waals surface area contributed by atoms with E-state index in [1.165, 1.54) is 25.7 Å². The number of rotatable bonds is 0. The summed E-state index contributed by atoms with van der Waals surface area (Å²) in [6.45, 7) is 2.19. The van der Waals surface area contributed by atoms with Crippen LogP contribution in [-0.2, 0) is 0 Å². The van der Waals surface area contributed by atoms with E-state index in [9.17, 15) is 0 Å². The molecule has 0 unspecified atom stereocenters. The minimum absolute atomic E-state index is 1.39. The van der Waals surface area contributed by atoms with Crippen LogP contribution in [0.25, 0.3) is 20.2 Å². The summed E-state index contributed by atoms with van der Waals surface area (Å²) in [5.74, 6) is 0. The van der Waals surface area contributed by atoms with Crippen LogP contribution in [0.15, 0.2) is 29.0 Å². The largest absolute Gasteiger partial charge is 0.144 e. The molecule has 2 heterocycles. The van der Waals surface area contributed by atoms with Crippen molar-refractivity contribution in [1.82, 2.24) is 0 Å². The first-order valence-electron chi connectivity index (χ1n) is 4.20. The molecule has 64 valence electrons. The maximum Gasteiger partial charge on any atom is 0.0432 e. The topological polar surface area (TPSA) is 0 Å². The third kappa shape index (κ3) is 0.960. The van der Waals surface area contributed by atoms with Crippen LogP contribution in [0.2, 0.25) is 0 Å².